The van der Waals surface area contributed by atoms with E-state index >= 15 is 0 Å². The van der Waals surface area contributed by atoms with Crippen LogP contribution in [0.5, 0.6) is 0 Å². The Bertz CT molecular complexity index is 221. The molecular formula is C9H18N2O3. The smallest absolute Gasteiger partial charge is 0.317 e. The Morgan fingerprint density at radius 3 is 2.14 bits per heavy atom. The molecule has 0 bridgehead atoms. The molecule has 2 N–H and O–H groups in total. The van der Waals surface area contributed by atoms with E-state index in [4.69, 9.17) is 5.11 Å². The zero-order chi connectivity index (χ0) is 11.4. The third-order valence-electron chi connectivity index (χ3n) is 1.33. The molecule has 0 atom stereocenters. The van der Waals surface area contributed by atoms with Crippen molar-refractivity contribution in [2.24, 2.45) is 0 Å². The third-order valence-corrected chi connectivity index (χ3v) is 1.33. The van der Waals surface area contributed by atoms with Crippen molar-refractivity contribution in [3.05, 3.63) is 0 Å². The van der Waals surface area contributed by atoms with Crippen molar-refractivity contribution in [2.75, 3.05) is 20.1 Å². The Labute approximate surface area is 84.1 Å². The van der Waals surface area contributed by atoms with Crippen LogP contribution in [-0.4, -0.2) is 47.6 Å². The molecule has 5 nitrogen and oxygen atoms in total. The lowest BCUT2D eigenvalue weighted by Gasteiger charge is -2.22. The fraction of sp³-hybridized carbons (Fsp3) is 0.778. The lowest BCUT2D eigenvalue weighted by molar-refractivity contribution is -0.138. The van der Waals surface area contributed by atoms with Crippen LogP contribution in [0.25, 0.3) is 0 Å². The Balaban J connectivity index is 3.89. The summed E-state index contributed by atoms with van der Waals surface area (Å²) in [7, 11) is 1.59. The van der Waals surface area contributed by atoms with Crippen molar-refractivity contribution in [3.63, 3.8) is 0 Å². The summed E-state index contributed by atoms with van der Waals surface area (Å²) in [4.78, 5) is 23.1. The van der Waals surface area contributed by atoms with E-state index in [-0.39, 0.29) is 24.5 Å². The topological polar surface area (TPSA) is 69.6 Å². The summed E-state index contributed by atoms with van der Waals surface area (Å²) in [5.41, 5.74) is -0.277. The summed E-state index contributed by atoms with van der Waals surface area (Å²) in [6.45, 7) is 5.60. The second-order valence-electron chi connectivity index (χ2n) is 4.36. The molecule has 82 valence electrons. The van der Waals surface area contributed by atoms with Gasteiger partial charge in [-0.1, -0.05) is 0 Å². The molecule has 0 heterocycles. The maximum absolute atomic E-state index is 11.3. The molecule has 0 spiro atoms. The Morgan fingerprint density at radius 1 is 1.29 bits per heavy atom. The molecule has 0 radical (unpaired) electrons. The molecule has 0 aliphatic carbocycles. The molecular weight excluding hydrogens is 184 g/mol. The number of hydrogen-bond donors (Lipinski definition) is 2. The molecule has 0 saturated heterocycles. The van der Waals surface area contributed by atoms with Gasteiger partial charge in [0.15, 0.2) is 0 Å². The molecule has 14 heavy (non-hydrogen) atoms. The second kappa shape index (κ2) is 4.95. The van der Waals surface area contributed by atoms with Crippen molar-refractivity contribution < 1.29 is 14.7 Å². The molecule has 0 aromatic heterocycles. The zero-order valence-corrected chi connectivity index (χ0v) is 9.13. The van der Waals surface area contributed by atoms with Crippen LogP contribution in [0.1, 0.15) is 20.8 Å². The van der Waals surface area contributed by atoms with Gasteiger partial charge in [0, 0.05) is 5.54 Å². The minimum absolute atomic E-state index is 0.101. The quantitative estimate of drug-likeness (QED) is 0.669. The predicted octanol–water partition coefficient (Wildman–Crippen LogP) is -0.0825. The summed E-state index contributed by atoms with van der Waals surface area (Å²) in [6.07, 6.45) is 0. The lowest BCUT2D eigenvalue weighted by atomic mass is 10.1. The van der Waals surface area contributed by atoms with Crippen LogP contribution in [-0.2, 0) is 9.59 Å². The molecule has 5 heteroatoms. The number of hydrogen-bond acceptors (Lipinski definition) is 3. The number of likely N-dealkylation sites (N-methyl/N-ethyl adjacent to an activating group) is 1. The SMILES string of the molecule is CN(CC(=O)O)CC(=O)NC(C)(C)C. The van der Waals surface area contributed by atoms with E-state index in [0.29, 0.717) is 0 Å². The number of carboxylic acids is 1. The van der Waals surface area contributed by atoms with Gasteiger partial charge in [-0.2, -0.15) is 0 Å². The first-order valence-corrected chi connectivity index (χ1v) is 4.42. The highest BCUT2D eigenvalue weighted by Crippen LogP contribution is 1.98. The average Bonchev–Trinajstić information content (AvgIpc) is 1.77. The minimum atomic E-state index is -0.934. The van der Waals surface area contributed by atoms with Gasteiger partial charge in [0.1, 0.15) is 0 Å². The van der Waals surface area contributed by atoms with E-state index in [1.807, 2.05) is 20.8 Å². The van der Waals surface area contributed by atoms with Crippen molar-refractivity contribution in [3.8, 4) is 0 Å². The van der Waals surface area contributed by atoms with Crippen LogP contribution >= 0.6 is 0 Å². The standard InChI is InChI=1S/C9H18N2O3/c1-9(2,3)10-7(12)5-11(4)6-8(13)14/h5-6H2,1-4H3,(H,10,12)(H,13,14). The minimum Gasteiger partial charge on any atom is -0.480 e. The van der Waals surface area contributed by atoms with E-state index in [1.165, 1.54) is 4.90 Å². The number of nitrogens with zero attached hydrogens (tertiary/aromatic N) is 1. The van der Waals surface area contributed by atoms with E-state index in [2.05, 4.69) is 5.32 Å². The summed E-state index contributed by atoms with van der Waals surface area (Å²) in [6, 6.07) is 0. The van der Waals surface area contributed by atoms with Gasteiger partial charge in [-0.25, -0.2) is 0 Å². The van der Waals surface area contributed by atoms with Gasteiger partial charge in [0.05, 0.1) is 13.1 Å². The zero-order valence-electron chi connectivity index (χ0n) is 9.13. The fourth-order valence-corrected chi connectivity index (χ4v) is 0.990. The van der Waals surface area contributed by atoms with E-state index in [1.54, 1.807) is 7.05 Å². The van der Waals surface area contributed by atoms with Crippen molar-refractivity contribution >= 4 is 11.9 Å². The second-order valence-corrected chi connectivity index (χ2v) is 4.36. The molecule has 0 fully saturated rings. The highest BCUT2D eigenvalue weighted by molar-refractivity contribution is 5.79. The first-order chi connectivity index (χ1) is 6.20. The maximum Gasteiger partial charge on any atom is 0.317 e. The molecule has 0 aliphatic rings. The largest absolute Gasteiger partial charge is 0.480 e. The van der Waals surface area contributed by atoms with Crippen LogP contribution in [0.3, 0.4) is 0 Å². The van der Waals surface area contributed by atoms with Crippen LogP contribution in [0.4, 0.5) is 0 Å². The van der Waals surface area contributed by atoms with Gasteiger partial charge in [0.25, 0.3) is 0 Å². The highest BCUT2D eigenvalue weighted by Gasteiger charge is 2.15. The normalized spacial score (nSPS) is 11.5. The predicted molar refractivity (Wildman–Crippen MR) is 53.0 cm³/mol. The average molecular weight is 202 g/mol. The first kappa shape index (κ1) is 12.9. The van der Waals surface area contributed by atoms with Gasteiger partial charge in [-0.3, -0.25) is 14.5 Å². The highest BCUT2D eigenvalue weighted by atomic mass is 16.4. The number of amides is 1. The number of aliphatic carboxylic acids is 1. The monoisotopic (exact) mass is 202 g/mol. The molecule has 0 aromatic carbocycles. The summed E-state index contributed by atoms with van der Waals surface area (Å²) in [5.74, 6) is -1.10. The summed E-state index contributed by atoms with van der Waals surface area (Å²) >= 11 is 0. The number of carboxylic acid groups (broad SMARTS) is 1. The van der Waals surface area contributed by atoms with E-state index in [9.17, 15) is 9.59 Å². The van der Waals surface area contributed by atoms with Gasteiger partial charge in [-0.05, 0) is 27.8 Å². The Hall–Kier alpha value is -1.10. The van der Waals surface area contributed by atoms with Gasteiger partial charge in [0.2, 0.25) is 5.91 Å². The maximum atomic E-state index is 11.3. The summed E-state index contributed by atoms with van der Waals surface area (Å²) < 4.78 is 0. The van der Waals surface area contributed by atoms with Gasteiger partial charge < -0.3 is 10.4 Å². The third kappa shape index (κ3) is 7.54. The van der Waals surface area contributed by atoms with Crippen molar-refractivity contribution in [1.29, 1.82) is 0 Å². The number of rotatable bonds is 4. The first-order valence-electron chi connectivity index (χ1n) is 4.42. The van der Waals surface area contributed by atoms with Crippen LogP contribution in [0.15, 0.2) is 0 Å². The van der Waals surface area contributed by atoms with E-state index < -0.39 is 5.97 Å². The lowest BCUT2D eigenvalue weighted by Crippen LogP contribution is -2.45. The Kier molecular flexibility index (Phi) is 4.56. The van der Waals surface area contributed by atoms with Crippen molar-refractivity contribution in [2.45, 2.75) is 26.3 Å². The molecule has 0 aliphatic heterocycles. The number of carbonyl (C=O) groups excluding carboxylic acids is 1. The number of carbonyl (C=O) groups is 2. The van der Waals surface area contributed by atoms with E-state index in [0.717, 1.165) is 0 Å². The molecule has 1 amide bonds. The molecule has 0 aromatic rings. The van der Waals surface area contributed by atoms with Crippen LogP contribution < -0.4 is 5.32 Å². The van der Waals surface area contributed by atoms with Crippen LogP contribution in [0, 0.1) is 0 Å². The van der Waals surface area contributed by atoms with Gasteiger partial charge in [-0.15, -0.1) is 0 Å². The fourth-order valence-electron chi connectivity index (χ4n) is 0.990. The van der Waals surface area contributed by atoms with Crippen LogP contribution in [0.2, 0.25) is 0 Å². The number of nitrogens with one attached hydrogen (secondary N) is 1. The van der Waals surface area contributed by atoms with Gasteiger partial charge >= 0.3 is 5.97 Å². The molecule has 0 unspecified atom stereocenters. The summed E-state index contributed by atoms with van der Waals surface area (Å²) in [5, 5.41) is 11.2. The molecule has 0 rings (SSSR count). The van der Waals surface area contributed by atoms with Crippen molar-refractivity contribution in [1.82, 2.24) is 10.2 Å². The Morgan fingerprint density at radius 2 is 1.79 bits per heavy atom. The molecule has 0 saturated carbocycles.